The molecule has 9 heteroatoms. The first-order valence-electron chi connectivity index (χ1n) is 7.84. The van der Waals surface area contributed by atoms with Crippen molar-refractivity contribution in [1.82, 2.24) is 9.80 Å². The van der Waals surface area contributed by atoms with Gasteiger partial charge in [-0.2, -0.15) is 13.2 Å². The van der Waals surface area contributed by atoms with Crippen molar-refractivity contribution >= 4 is 11.8 Å². The van der Waals surface area contributed by atoms with E-state index in [0.29, 0.717) is 37.5 Å². The SMILES string of the molecule is O=C(CO)N1CCN(C(=O)C2Cc3cc(C(F)(F)F)ccc3O2)CC1. The van der Waals surface area contributed by atoms with Crippen molar-refractivity contribution in [2.24, 2.45) is 0 Å². The first-order chi connectivity index (χ1) is 11.8. The lowest BCUT2D eigenvalue weighted by molar-refractivity contribution is -0.144. The number of nitrogens with zero attached hydrogens (tertiary/aromatic N) is 2. The Balaban J connectivity index is 1.62. The Labute approximate surface area is 141 Å². The third kappa shape index (κ3) is 3.55. The summed E-state index contributed by atoms with van der Waals surface area (Å²) in [5.74, 6) is -0.405. The molecule has 6 nitrogen and oxygen atoms in total. The second-order valence-electron chi connectivity index (χ2n) is 6.00. The van der Waals surface area contributed by atoms with Gasteiger partial charge < -0.3 is 19.6 Å². The van der Waals surface area contributed by atoms with E-state index in [2.05, 4.69) is 0 Å². The van der Waals surface area contributed by atoms with Gasteiger partial charge in [0.05, 0.1) is 5.56 Å². The molecule has 0 spiro atoms. The average molecular weight is 358 g/mol. The van der Waals surface area contributed by atoms with Crippen molar-refractivity contribution in [3.8, 4) is 5.75 Å². The molecule has 3 rings (SSSR count). The summed E-state index contributed by atoms with van der Waals surface area (Å²) >= 11 is 0. The van der Waals surface area contributed by atoms with Gasteiger partial charge in [0.15, 0.2) is 6.10 Å². The van der Waals surface area contributed by atoms with Crippen LogP contribution in [0, 0.1) is 0 Å². The number of ether oxygens (including phenoxy) is 1. The van der Waals surface area contributed by atoms with Crippen LogP contribution in [0.15, 0.2) is 18.2 Å². The monoisotopic (exact) mass is 358 g/mol. The van der Waals surface area contributed by atoms with E-state index in [9.17, 15) is 22.8 Å². The Morgan fingerprint density at radius 2 is 1.80 bits per heavy atom. The lowest BCUT2D eigenvalue weighted by atomic mass is 10.1. The number of carbonyl (C=O) groups excluding carboxylic acids is 2. The maximum atomic E-state index is 12.8. The number of aliphatic hydroxyl groups excluding tert-OH is 1. The van der Waals surface area contributed by atoms with Gasteiger partial charge in [-0.05, 0) is 23.8 Å². The van der Waals surface area contributed by atoms with Crippen LogP contribution in [-0.4, -0.2) is 65.6 Å². The van der Waals surface area contributed by atoms with Crippen LogP contribution in [0.25, 0.3) is 0 Å². The quantitative estimate of drug-likeness (QED) is 0.844. The first kappa shape index (κ1) is 17.5. The van der Waals surface area contributed by atoms with Crippen molar-refractivity contribution in [1.29, 1.82) is 0 Å². The highest BCUT2D eigenvalue weighted by Crippen LogP contribution is 2.36. The van der Waals surface area contributed by atoms with Gasteiger partial charge in [0.2, 0.25) is 5.91 Å². The normalized spacial score (nSPS) is 20.2. The molecule has 1 atom stereocenters. The van der Waals surface area contributed by atoms with Crippen LogP contribution in [0.2, 0.25) is 0 Å². The van der Waals surface area contributed by atoms with Crippen molar-refractivity contribution in [2.45, 2.75) is 18.7 Å². The molecular formula is C16H17F3N2O4. The molecule has 1 aromatic carbocycles. The predicted molar refractivity (Wildman–Crippen MR) is 79.8 cm³/mol. The lowest BCUT2D eigenvalue weighted by Gasteiger charge is -2.35. The molecule has 2 aliphatic rings. The number of alkyl halides is 3. The molecule has 0 saturated carbocycles. The van der Waals surface area contributed by atoms with Gasteiger partial charge in [0.1, 0.15) is 12.4 Å². The minimum absolute atomic E-state index is 0.0911. The maximum Gasteiger partial charge on any atom is 0.416 e. The second kappa shape index (κ2) is 6.55. The minimum atomic E-state index is -4.44. The van der Waals surface area contributed by atoms with Crippen molar-refractivity contribution in [2.75, 3.05) is 32.8 Å². The topological polar surface area (TPSA) is 70.1 Å². The summed E-state index contributed by atoms with van der Waals surface area (Å²) in [6, 6.07) is 3.19. The molecular weight excluding hydrogens is 341 g/mol. The Hall–Kier alpha value is -2.29. The number of hydrogen-bond acceptors (Lipinski definition) is 4. The summed E-state index contributed by atoms with van der Waals surface area (Å²) in [6.07, 6.45) is -5.20. The van der Waals surface area contributed by atoms with E-state index < -0.39 is 30.4 Å². The molecule has 0 aliphatic carbocycles. The Morgan fingerprint density at radius 3 is 2.40 bits per heavy atom. The van der Waals surface area contributed by atoms with Gasteiger partial charge in [0.25, 0.3) is 5.91 Å². The zero-order valence-electron chi connectivity index (χ0n) is 13.3. The standard InChI is InChI=1S/C16H17F3N2O4/c17-16(18,19)11-1-2-12-10(7-11)8-13(25-12)15(24)21-5-3-20(4-6-21)14(23)9-22/h1-2,7,13,22H,3-6,8-9H2. The molecule has 1 N–H and O–H groups in total. The number of benzene rings is 1. The number of halogens is 3. The Bertz CT molecular complexity index is 684. The summed E-state index contributed by atoms with van der Waals surface area (Å²) in [7, 11) is 0. The van der Waals surface area contributed by atoms with E-state index in [1.165, 1.54) is 15.9 Å². The number of hydrogen-bond donors (Lipinski definition) is 1. The van der Waals surface area contributed by atoms with E-state index in [4.69, 9.17) is 9.84 Å². The number of piperazine rings is 1. The molecule has 2 amide bonds. The number of rotatable bonds is 2. The predicted octanol–water partition coefficient (Wildman–Crippen LogP) is 0.672. The van der Waals surface area contributed by atoms with Crippen molar-refractivity contribution < 1.29 is 32.6 Å². The van der Waals surface area contributed by atoms with E-state index in [1.807, 2.05) is 0 Å². The van der Waals surface area contributed by atoms with E-state index in [1.54, 1.807) is 0 Å². The third-order valence-electron chi connectivity index (χ3n) is 4.42. The van der Waals surface area contributed by atoms with Gasteiger partial charge in [-0.3, -0.25) is 9.59 Å². The summed E-state index contributed by atoms with van der Waals surface area (Å²) < 4.78 is 43.8. The minimum Gasteiger partial charge on any atom is -0.480 e. The molecule has 25 heavy (non-hydrogen) atoms. The number of fused-ring (bicyclic) bond motifs is 1. The third-order valence-corrected chi connectivity index (χ3v) is 4.42. The fourth-order valence-corrected chi connectivity index (χ4v) is 3.04. The molecule has 136 valence electrons. The Morgan fingerprint density at radius 1 is 1.16 bits per heavy atom. The van der Waals surface area contributed by atoms with Crippen molar-refractivity contribution in [3.63, 3.8) is 0 Å². The Kier molecular flexibility index (Phi) is 4.59. The zero-order valence-corrected chi connectivity index (χ0v) is 13.3. The number of carbonyl (C=O) groups is 2. The van der Waals surface area contributed by atoms with Crippen LogP contribution >= 0.6 is 0 Å². The van der Waals surface area contributed by atoms with Gasteiger partial charge in [-0.1, -0.05) is 0 Å². The van der Waals surface area contributed by atoms with Gasteiger partial charge in [-0.25, -0.2) is 0 Å². The molecule has 1 saturated heterocycles. The van der Waals surface area contributed by atoms with E-state index in [-0.39, 0.29) is 12.3 Å². The second-order valence-corrected chi connectivity index (χ2v) is 6.00. The van der Waals surface area contributed by atoms with Crippen LogP contribution in [-0.2, 0) is 22.2 Å². The first-order valence-corrected chi connectivity index (χ1v) is 7.84. The molecule has 0 aromatic heterocycles. The molecule has 1 aromatic rings. The summed E-state index contributed by atoms with van der Waals surface area (Å²) in [6.45, 7) is 0.645. The smallest absolute Gasteiger partial charge is 0.416 e. The molecule has 0 radical (unpaired) electrons. The number of amides is 2. The summed E-state index contributed by atoms with van der Waals surface area (Å²) in [5.41, 5.74) is -0.402. The highest BCUT2D eigenvalue weighted by atomic mass is 19.4. The highest BCUT2D eigenvalue weighted by molar-refractivity contribution is 5.83. The average Bonchev–Trinajstić information content (AvgIpc) is 3.03. The number of aliphatic hydroxyl groups is 1. The molecule has 0 bridgehead atoms. The van der Waals surface area contributed by atoms with Crippen LogP contribution in [0.5, 0.6) is 5.75 Å². The maximum absolute atomic E-state index is 12.8. The lowest BCUT2D eigenvalue weighted by Crippen LogP contribution is -2.54. The fourth-order valence-electron chi connectivity index (χ4n) is 3.04. The van der Waals surface area contributed by atoms with Crippen LogP contribution in [0.3, 0.4) is 0 Å². The van der Waals surface area contributed by atoms with E-state index in [0.717, 1.165) is 12.1 Å². The van der Waals surface area contributed by atoms with Crippen LogP contribution in [0.4, 0.5) is 13.2 Å². The van der Waals surface area contributed by atoms with Gasteiger partial charge in [-0.15, -0.1) is 0 Å². The van der Waals surface area contributed by atoms with Crippen LogP contribution in [0.1, 0.15) is 11.1 Å². The molecule has 2 aliphatic heterocycles. The zero-order chi connectivity index (χ0) is 18.2. The van der Waals surface area contributed by atoms with Gasteiger partial charge >= 0.3 is 6.18 Å². The van der Waals surface area contributed by atoms with Crippen LogP contribution < -0.4 is 4.74 Å². The highest BCUT2D eigenvalue weighted by Gasteiger charge is 2.37. The molecule has 1 fully saturated rings. The molecule has 1 unspecified atom stereocenters. The van der Waals surface area contributed by atoms with E-state index >= 15 is 0 Å². The summed E-state index contributed by atoms with van der Waals surface area (Å²) in [5, 5.41) is 8.84. The van der Waals surface area contributed by atoms with Gasteiger partial charge in [0, 0.05) is 32.6 Å². The molecule has 2 heterocycles. The fraction of sp³-hybridized carbons (Fsp3) is 0.500. The summed E-state index contributed by atoms with van der Waals surface area (Å²) in [4.78, 5) is 26.9. The van der Waals surface area contributed by atoms with Crippen molar-refractivity contribution in [3.05, 3.63) is 29.3 Å². The largest absolute Gasteiger partial charge is 0.480 e.